The number of nitrogens with two attached hydrogens (primary N) is 1. The highest BCUT2D eigenvalue weighted by molar-refractivity contribution is 7.09. The lowest BCUT2D eigenvalue weighted by Crippen LogP contribution is -2.36. The Balaban J connectivity index is 2.23. The van der Waals surface area contributed by atoms with Crippen LogP contribution in [0.15, 0.2) is 11.6 Å². The van der Waals surface area contributed by atoms with E-state index in [2.05, 4.69) is 17.2 Å². The first-order chi connectivity index (χ1) is 7.77. The summed E-state index contributed by atoms with van der Waals surface area (Å²) in [5.74, 6) is 0.0298. The van der Waals surface area contributed by atoms with Gasteiger partial charge in [-0.25, -0.2) is 4.98 Å². The van der Waals surface area contributed by atoms with Crippen LogP contribution >= 0.6 is 11.3 Å². The van der Waals surface area contributed by atoms with E-state index in [1.165, 1.54) is 0 Å². The molecule has 1 atom stereocenters. The molecule has 1 unspecified atom stereocenters. The predicted octanol–water partition coefficient (Wildman–Crippen LogP) is 1.18. The topological polar surface area (TPSA) is 68.0 Å². The van der Waals surface area contributed by atoms with Crippen molar-refractivity contribution in [2.45, 2.75) is 26.2 Å². The SMILES string of the molecule is CCCC(CN)C(=O)NCCc1nccs1. The van der Waals surface area contributed by atoms with Crippen molar-refractivity contribution < 1.29 is 4.79 Å². The van der Waals surface area contributed by atoms with Gasteiger partial charge in [0.25, 0.3) is 0 Å². The van der Waals surface area contributed by atoms with Gasteiger partial charge in [0.1, 0.15) is 0 Å². The lowest BCUT2D eigenvalue weighted by atomic mass is 10.0. The first-order valence-electron chi connectivity index (χ1n) is 5.64. The zero-order chi connectivity index (χ0) is 11.8. The van der Waals surface area contributed by atoms with Gasteiger partial charge in [0.2, 0.25) is 5.91 Å². The third-order valence-corrected chi connectivity index (χ3v) is 3.25. The van der Waals surface area contributed by atoms with Gasteiger partial charge in [-0.2, -0.15) is 0 Å². The quantitative estimate of drug-likeness (QED) is 0.753. The van der Waals surface area contributed by atoms with E-state index >= 15 is 0 Å². The van der Waals surface area contributed by atoms with Crippen LogP contribution in [0.1, 0.15) is 24.8 Å². The second-order valence-electron chi connectivity index (χ2n) is 3.69. The average Bonchev–Trinajstić information content (AvgIpc) is 2.78. The molecule has 0 aliphatic rings. The average molecular weight is 241 g/mol. The predicted molar refractivity (Wildman–Crippen MR) is 66.3 cm³/mol. The van der Waals surface area contributed by atoms with Crippen molar-refractivity contribution in [3.63, 3.8) is 0 Å². The van der Waals surface area contributed by atoms with Crippen LogP contribution in [0, 0.1) is 5.92 Å². The van der Waals surface area contributed by atoms with Gasteiger partial charge >= 0.3 is 0 Å². The fourth-order valence-corrected chi connectivity index (χ4v) is 2.14. The molecule has 16 heavy (non-hydrogen) atoms. The van der Waals surface area contributed by atoms with Crippen molar-refractivity contribution >= 4 is 17.2 Å². The van der Waals surface area contributed by atoms with Crippen molar-refractivity contribution in [1.82, 2.24) is 10.3 Å². The Morgan fingerprint density at radius 2 is 2.50 bits per heavy atom. The maximum atomic E-state index is 11.7. The summed E-state index contributed by atoms with van der Waals surface area (Å²) in [6, 6.07) is 0. The van der Waals surface area contributed by atoms with Crippen molar-refractivity contribution in [2.24, 2.45) is 11.7 Å². The number of amides is 1. The standard InChI is InChI=1S/C11H19N3OS/c1-2-3-9(8-12)11(15)14-5-4-10-13-6-7-16-10/h6-7,9H,2-5,8,12H2,1H3,(H,14,15). The minimum Gasteiger partial charge on any atom is -0.355 e. The van der Waals surface area contributed by atoms with Crippen LogP contribution in [0.4, 0.5) is 0 Å². The molecule has 1 aromatic rings. The molecule has 0 spiro atoms. The largest absolute Gasteiger partial charge is 0.355 e. The molecule has 0 aliphatic carbocycles. The fourth-order valence-electron chi connectivity index (χ4n) is 1.52. The van der Waals surface area contributed by atoms with Crippen LogP contribution in [0.2, 0.25) is 0 Å². The lowest BCUT2D eigenvalue weighted by molar-refractivity contribution is -0.124. The smallest absolute Gasteiger partial charge is 0.224 e. The van der Waals surface area contributed by atoms with Gasteiger partial charge in [-0.1, -0.05) is 13.3 Å². The zero-order valence-corrected chi connectivity index (χ0v) is 10.4. The van der Waals surface area contributed by atoms with Gasteiger partial charge in [-0.3, -0.25) is 4.79 Å². The number of hydrogen-bond acceptors (Lipinski definition) is 4. The third-order valence-electron chi connectivity index (χ3n) is 2.41. The van der Waals surface area contributed by atoms with Gasteiger partial charge in [-0.15, -0.1) is 11.3 Å². The van der Waals surface area contributed by atoms with E-state index in [1.807, 2.05) is 5.38 Å². The van der Waals surface area contributed by atoms with Crippen LogP contribution in [-0.4, -0.2) is 24.0 Å². The molecule has 0 fully saturated rings. The third kappa shape index (κ3) is 4.28. The number of rotatable bonds is 7. The second-order valence-corrected chi connectivity index (χ2v) is 4.67. The summed E-state index contributed by atoms with van der Waals surface area (Å²) < 4.78 is 0. The number of carbonyl (C=O) groups excluding carboxylic acids is 1. The van der Waals surface area contributed by atoms with E-state index in [9.17, 15) is 4.79 Å². The molecule has 1 amide bonds. The van der Waals surface area contributed by atoms with E-state index in [0.717, 1.165) is 24.3 Å². The van der Waals surface area contributed by atoms with E-state index in [0.29, 0.717) is 13.1 Å². The summed E-state index contributed by atoms with van der Waals surface area (Å²) in [5.41, 5.74) is 5.55. The zero-order valence-electron chi connectivity index (χ0n) is 9.61. The number of aromatic nitrogens is 1. The van der Waals surface area contributed by atoms with Gasteiger partial charge in [-0.05, 0) is 6.42 Å². The summed E-state index contributed by atoms with van der Waals surface area (Å²) in [7, 11) is 0. The summed E-state index contributed by atoms with van der Waals surface area (Å²) >= 11 is 1.61. The van der Waals surface area contributed by atoms with Gasteiger partial charge in [0.15, 0.2) is 0 Å². The van der Waals surface area contributed by atoms with E-state index in [1.54, 1.807) is 17.5 Å². The molecule has 0 bridgehead atoms. The van der Waals surface area contributed by atoms with Crippen LogP contribution in [0.25, 0.3) is 0 Å². The molecule has 0 radical (unpaired) electrons. The maximum Gasteiger partial charge on any atom is 0.224 e. The van der Waals surface area contributed by atoms with Crippen molar-refractivity contribution in [3.8, 4) is 0 Å². The number of nitrogens with zero attached hydrogens (tertiary/aromatic N) is 1. The highest BCUT2D eigenvalue weighted by Crippen LogP contribution is 2.06. The van der Waals surface area contributed by atoms with E-state index in [4.69, 9.17) is 5.73 Å². The summed E-state index contributed by atoms with van der Waals surface area (Å²) in [6.07, 6.45) is 4.43. The summed E-state index contributed by atoms with van der Waals surface area (Å²) in [4.78, 5) is 15.8. The number of thiazole rings is 1. The Hall–Kier alpha value is -0.940. The van der Waals surface area contributed by atoms with Gasteiger partial charge in [0, 0.05) is 31.1 Å². The summed E-state index contributed by atoms with van der Waals surface area (Å²) in [5, 5.41) is 5.90. The maximum absolute atomic E-state index is 11.7. The first-order valence-corrected chi connectivity index (χ1v) is 6.52. The highest BCUT2D eigenvalue weighted by Gasteiger charge is 2.14. The Morgan fingerprint density at radius 1 is 1.69 bits per heavy atom. The molecule has 4 nitrogen and oxygen atoms in total. The highest BCUT2D eigenvalue weighted by atomic mass is 32.1. The Morgan fingerprint density at radius 3 is 3.06 bits per heavy atom. The van der Waals surface area contributed by atoms with E-state index in [-0.39, 0.29) is 11.8 Å². The van der Waals surface area contributed by atoms with Crippen molar-refractivity contribution in [3.05, 3.63) is 16.6 Å². The molecule has 1 heterocycles. The monoisotopic (exact) mass is 241 g/mol. The molecule has 1 aromatic heterocycles. The van der Waals surface area contributed by atoms with Crippen LogP contribution in [-0.2, 0) is 11.2 Å². The Kier molecular flexibility index (Phi) is 6.03. The molecular weight excluding hydrogens is 222 g/mol. The minimum absolute atomic E-state index is 0.0405. The molecule has 0 aliphatic heterocycles. The Labute approximate surface area is 100 Å². The number of hydrogen-bond donors (Lipinski definition) is 2. The molecule has 90 valence electrons. The van der Waals surface area contributed by atoms with Gasteiger partial charge < -0.3 is 11.1 Å². The Bertz CT molecular complexity index is 300. The molecule has 0 aromatic carbocycles. The number of nitrogens with one attached hydrogen (secondary N) is 1. The fraction of sp³-hybridized carbons (Fsp3) is 0.636. The van der Waals surface area contributed by atoms with Crippen LogP contribution < -0.4 is 11.1 Å². The second kappa shape index (κ2) is 7.35. The van der Waals surface area contributed by atoms with Crippen molar-refractivity contribution in [2.75, 3.05) is 13.1 Å². The van der Waals surface area contributed by atoms with Gasteiger partial charge in [0.05, 0.1) is 10.9 Å². The first kappa shape index (κ1) is 13.1. The van der Waals surface area contributed by atoms with Crippen LogP contribution in [0.3, 0.4) is 0 Å². The molecular formula is C11H19N3OS. The van der Waals surface area contributed by atoms with Crippen LogP contribution in [0.5, 0.6) is 0 Å². The summed E-state index contributed by atoms with van der Waals surface area (Å²) in [6.45, 7) is 3.13. The number of carbonyl (C=O) groups is 1. The minimum atomic E-state index is -0.0405. The molecule has 0 saturated carbocycles. The van der Waals surface area contributed by atoms with E-state index < -0.39 is 0 Å². The molecule has 1 rings (SSSR count). The molecule has 3 N–H and O–H groups in total. The van der Waals surface area contributed by atoms with Crippen molar-refractivity contribution in [1.29, 1.82) is 0 Å². The normalized spacial score (nSPS) is 12.4. The lowest BCUT2D eigenvalue weighted by Gasteiger charge is -2.13. The molecule has 5 heteroatoms. The molecule has 0 saturated heterocycles.